The van der Waals surface area contributed by atoms with Crippen molar-refractivity contribution in [2.45, 2.75) is 6.54 Å². The molecule has 0 aliphatic carbocycles. The average molecular weight is 311 g/mol. The average Bonchev–Trinajstić information content (AvgIpc) is 2.14. The molecule has 2 nitrogen and oxygen atoms in total. The predicted molar refractivity (Wildman–Crippen MR) is 67.9 cm³/mol. The molecular weight excluding hydrogens is 301 g/mol. The first-order valence-corrected chi connectivity index (χ1v) is 5.73. The van der Waals surface area contributed by atoms with E-state index < -0.39 is 0 Å². The molecule has 0 saturated carbocycles. The zero-order valence-electron chi connectivity index (χ0n) is 7.90. The Balaban J connectivity index is 2.98. The largest absolute Gasteiger partial charge is 0.486 e. The summed E-state index contributed by atoms with van der Waals surface area (Å²) in [6.07, 6.45) is 0. The molecule has 0 aromatic heterocycles. The van der Waals surface area contributed by atoms with Crippen molar-refractivity contribution in [3.8, 4) is 5.75 Å². The van der Waals surface area contributed by atoms with E-state index in [4.69, 9.17) is 33.7 Å². The second-order valence-electron chi connectivity index (χ2n) is 2.89. The van der Waals surface area contributed by atoms with Crippen LogP contribution in [0.3, 0.4) is 0 Å². The Hall–Kier alpha value is -0.220. The molecule has 1 aromatic carbocycles. The summed E-state index contributed by atoms with van der Waals surface area (Å²) in [5, 5.41) is 1.00. The third-order valence-electron chi connectivity index (χ3n) is 1.68. The molecule has 1 aromatic rings. The van der Waals surface area contributed by atoms with E-state index in [0.717, 1.165) is 10.0 Å². The Kier molecular flexibility index (Phi) is 4.93. The van der Waals surface area contributed by atoms with Crippen molar-refractivity contribution in [1.82, 2.24) is 0 Å². The summed E-state index contributed by atoms with van der Waals surface area (Å²) >= 11 is 15.0. The topological polar surface area (TPSA) is 35.2 Å². The first-order chi connectivity index (χ1) is 7.04. The summed E-state index contributed by atoms with van der Waals surface area (Å²) in [5.74, 6) is 0.559. The van der Waals surface area contributed by atoms with Gasteiger partial charge in [0, 0.05) is 21.6 Å². The minimum atomic E-state index is 0.324. The van der Waals surface area contributed by atoms with E-state index in [0.29, 0.717) is 28.9 Å². The molecule has 0 amide bonds. The smallest absolute Gasteiger partial charge is 0.143 e. The summed E-state index contributed by atoms with van der Waals surface area (Å²) in [4.78, 5) is 0. The minimum Gasteiger partial charge on any atom is -0.486 e. The summed E-state index contributed by atoms with van der Waals surface area (Å²) in [6, 6.07) is 3.36. The van der Waals surface area contributed by atoms with Crippen LogP contribution in [0.25, 0.3) is 0 Å². The molecule has 1 rings (SSSR count). The maximum atomic E-state index is 5.99. The predicted octanol–water partition coefficient (Wildman–Crippen LogP) is 3.74. The molecule has 0 saturated heterocycles. The number of halogens is 3. The van der Waals surface area contributed by atoms with Crippen LogP contribution in [0.4, 0.5) is 0 Å². The molecule has 0 bridgehead atoms. The SMILES string of the molecule is C=C(Br)COc1c(Cl)cc(Cl)cc1CN. The highest BCUT2D eigenvalue weighted by molar-refractivity contribution is 9.11. The van der Waals surface area contributed by atoms with Crippen molar-refractivity contribution in [2.75, 3.05) is 6.61 Å². The molecule has 0 fully saturated rings. The van der Waals surface area contributed by atoms with E-state index >= 15 is 0 Å². The molecule has 82 valence electrons. The lowest BCUT2D eigenvalue weighted by Gasteiger charge is -2.12. The molecule has 0 aliphatic rings. The van der Waals surface area contributed by atoms with Crippen LogP contribution < -0.4 is 10.5 Å². The number of benzene rings is 1. The van der Waals surface area contributed by atoms with E-state index in [-0.39, 0.29) is 0 Å². The zero-order valence-corrected chi connectivity index (χ0v) is 11.0. The Bertz CT molecular complexity index is 382. The van der Waals surface area contributed by atoms with E-state index in [9.17, 15) is 0 Å². The number of hydrogen-bond donors (Lipinski definition) is 1. The molecule has 15 heavy (non-hydrogen) atoms. The molecule has 0 heterocycles. The molecule has 5 heteroatoms. The second-order valence-corrected chi connectivity index (χ2v) is 4.85. The Morgan fingerprint density at radius 3 is 2.67 bits per heavy atom. The standard InChI is InChI=1S/C10H10BrCl2NO/c1-6(11)5-15-10-7(4-14)2-8(12)3-9(10)13/h2-3H,1,4-5,14H2. The fourth-order valence-corrected chi connectivity index (χ4v) is 1.78. The normalized spacial score (nSPS) is 10.1. The van der Waals surface area contributed by atoms with Gasteiger partial charge in [0.2, 0.25) is 0 Å². The first kappa shape index (κ1) is 12.8. The van der Waals surface area contributed by atoms with Gasteiger partial charge in [0.05, 0.1) is 5.02 Å². The van der Waals surface area contributed by atoms with Crippen LogP contribution in [0.2, 0.25) is 10.0 Å². The third-order valence-corrected chi connectivity index (χ3v) is 2.41. The van der Waals surface area contributed by atoms with E-state index in [1.54, 1.807) is 12.1 Å². The molecule has 0 aliphatic heterocycles. The lowest BCUT2D eigenvalue weighted by atomic mass is 10.2. The van der Waals surface area contributed by atoms with Gasteiger partial charge in [-0.3, -0.25) is 0 Å². The third kappa shape index (κ3) is 3.68. The summed E-state index contributed by atoms with van der Waals surface area (Å²) in [6.45, 7) is 4.33. The van der Waals surface area contributed by atoms with Gasteiger partial charge in [0.25, 0.3) is 0 Å². The number of nitrogens with two attached hydrogens (primary N) is 1. The summed E-state index contributed by atoms with van der Waals surface area (Å²) < 4.78 is 6.19. The van der Waals surface area contributed by atoms with E-state index in [1.165, 1.54) is 0 Å². The number of rotatable bonds is 4. The second kappa shape index (κ2) is 5.75. The van der Waals surface area contributed by atoms with Gasteiger partial charge < -0.3 is 10.5 Å². The molecule has 0 spiro atoms. The van der Waals surface area contributed by atoms with Gasteiger partial charge in [-0.1, -0.05) is 45.7 Å². The van der Waals surface area contributed by atoms with Gasteiger partial charge in [0.15, 0.2) is 0 Å². The lowest BCUT2D eigenvalue weighted by Crippen LogP contribution is -2.04. The van der Waals surface area contributed by atoms with Crippen molar-refractivity contribution in [3.05, 3.63) is 38.8 Å². The minimum absolute atomic E-state index is 0.324. The molecular formula is C10H10BrCl2NO. The van der Waals surface area contributed by atoms with Gasteiger partial charge in [-0.15, -0.1) is 0 Å². The summed E-state index contributed by atoms with van der Waals surface area (Å²) in [5.41, 5.74) is 6.34. The fourth-order valence-electron chi connectivity index (χ4n) is 1.08. The van der Waals surface area contributed by atoms with Gasteiger partial charge >= 0.3 is 0 Å². The van der Waals surface area contributed by atoms with Crippen molar-refractivity contribution in [3.63, 3.8) is 0 Å². The van der Waals surface area contributed by atoms with Crippen LogP contribution >= 0.6 is 39.1 Å². The van der Waals surface area contributed by atoms with Crippen LogP contribution in [0, 0.1) is 0 Å². The highest BCUT2D eigenvalue weighted by Gasteiger charge is 2.09. The van der Waals surface area contributed by atoms with Crippen LogP contribution in [0.1, 0.15) is 5.56 Å². The van der Waals surface area contributed by atoms with E-state index in [1.807, 2.05) is 0 Å². The Morgan fingerprint density at radius 2 is 2.13 bits per heavy atom. The molecule has 0 unspecified atom stereocenters. The molecule has 0 radical (unpaired) electrons. The monoisotopic (exact) mass is 309 g/mol. The molecule has 0 atom stereocenters. The fraction of sp³-hybridized carbons (Fsp3) is 0.200. The van der Waals surface area contributed by atoms with Crippen molar-refractivity contribution in [1.29, 1.82) is 0 Å². The Labute approximate surface area is 107 Å². The van der Waals surface area contributed by atoms with Crippen molar-refractivity contribution < 1.29 is 4.74 Å². The van der Waals surface area contributed by atoms with Crippen LogP contribution in [0.15, 0.2) is 23.2 Å². The van der Waals surface area contributed by atoms with E-state index in [2.05, 4.69) is 22.5 Å². The van der Waals surface area contributed by atoms with Crippen LogP contribution in [0.5, 0.6) is 5.75 Å². The van der Waals surface area contributed by atoms with Crippen LogP contribution in [-0.2, 0) is 6.54 Å². The van der Waals surface area contributed by atoms with Crippen molar-refractivity contribution >= 4 is 39.1 Å². The highest BCUT2D eigenvalue weighted by Crippen LogP contribution is 2.32. The maximum Gasteiger partial charge on any atom is 0.143 e. The number of ether oxygens (including phenoxy) is 1. The van der Waals surface area contributed by atoms with Crippen molar-refractivity contribution in [2.24, 2.45) is 5.73 Å². The summed E-state index contributed by atoms with van der Waals surface area (Å²) in [7, 11) is 0. The highest BCUT2D eigenvalue weighted by atomic mass is 79.9. The molecule has 2 N–H and O–H groups in total. The van der Waals surface area contributed by atoms with Gasteiger partial charge in [-0.2, -0.15) is 0 Å². The van der Waals surface area contributed by atoms with Crippen LogP contribution in [-0.4, -0.2) is 6.61 Å². The quantitative estimate of drug-likeness (QED) is 0.919. The maximum absolute atomic E-state index is 5.99. The van der Waals surface area contributed by atoms with Gasteiger partial charge in [-0.05, 0) is 12.1 Å². The van der Waals surface area contributed by atoms with Gasteiger partial charge in [0.1, 0.15) is 12.4 Å². The lowest BCUT2D eigenvalue weighted by molar-refractivity contribution is 0.357. The first-order valence-electron chi connectivity index (χ1n) is 4.18. The van der Waals surface area contributed by atoms with Gasteiger partial charge in [-0.25, -0.2) is 0 Å². The zero-order chi connectivity index (χ0) is 11.4. The number of hydrogen-bond acceptors (Lipinski definition) is 2. The Morgan fingerprint density at radius 1 is 1.47 bits per heavy atom.